The van der Waals surface area contributed by atoms with E-state index in [0.717, 1.165) is 23.7 Å². The molecule has 1 aliphatic carbocycles. The van der Waals surface area contributed by atoms with Crippen molar-refractivity contribution in [3.8, 4) is 0 Å². The van der Waals surface area contributed by atoms with E-state index in [2.05, 4.69) is 27.7 Å². The van der Waals surface area contributed by atoms with Crippen molar-refractivity contribution < 1.29 is 0 Å². The summed E-state index contributed by atoms with van der Waals surface area (Å²) in [5, 5.41) is 0. The van der Waals surface area contributed by atoms with Gasteiger partial charge in [-0.2, -0.15) is 0 Å². The van der Waals surface area contributed by atoms with Crippen LogP contribution in [0.25, 0.3) is 0 Å². The molecule has 0 saturated heterocycles. The quantitative estimate of drug-likeness (QED) is 0.737. The highest BCUT2D eigenvalue weighted by Crippen LogP contribution is 2.37. The lowest BCUT2D eigenvalue weighted by Crippen LogP contribution is -2.45. The predicted octanol–water partition coefficient (Wildman–Crippen LogP) is 3.43. The van der Waals surface area contributed by atoms with E-state index in [-0.39, 0.29) is 0 Å². The molecule has 1 rings (SSSR count). The Bertz CT molecular complexity index is 165. The van der Waals surface area contributed by atoms with Crippen LogP contribution < -0.4 is 5.73 Å². The van der Waals surface area contributed by atoms with Gasteiger partial charge < -0.3 is 5.73 Å². The van der Waals surface area contributed by atoms with Crippen LogP contribution in [-0.4, -0.2) is 6.04 Å². The molecule has 1 heteroatoms. The average molecular weight is 197 g/mol. The molecular weight excluding hydrogens is 170 g/mol. The monoisotopic (exact) mass is 197 g/mol. The zero-order chi connectivity index (χ0) is 10.7. The van der Waals surface area contributed by atoms with Crippen molar-refractivity contribution in [2.24, 2.45) is 29.4 Å². The molecule has 1 nitrogen and oxygen atoms in total. The van der Waals surface area contributed by atoms with Crippen molar-refractivity contribution >= 4 is 0 Å². The van der Waals surface area contributed by atoms with Gasteiger partial charge in [0.25, 0.3) is 0 Å². The second-order valence-electron chi connectivity index (χ2n) is 5.47. The van der Waals surface area contributed by atoms with E-state index in [1.165, 1.54) is 25.7 Å². The molecule has 0 aromatic rings. The third-order valence-electron chi connectivity index (χ3n) is 4.29. The molecule has 0 heterocycles. The Morgan fingerprint density at radius 2 is 1.71 bits per heavy atom. The van der Waals surface area contributed by atoms with Crippen molar-refractivity contribution in [3.05, 3.63) is 0 Å². The average Bonchev–Trinajstić information content (AvgIpc) is 2.16. The molecule has 0 spiro atoms. The van der Waals surface area contributed by atoms with Crippen LogP contribution in [0.15, 0.2) is 0 Å². The molecule has 1 saturated carbocycles. The van der Waals surface area contributed by atoms with E-state index >= 15 is 0 Å². The standard InChI is InChI=1S/C13H27N/c1-5-10(4)12-8-6-7-11(9(2)3)13(12)14/h9-13H,5-8,14H2,1-4H3. The highest BCUT2D eigenvalue weighted by atomic mass is 14.7. The van der Waals surface area contributed by atoms with Gasteiger partial charge in [-0.05, 0) is 36.5 Å². The van der Waals surface area contributed by atoms with Crippen molar-refractivity contribution in [2.75, 3.05) is 0 Å². The summed E-state index contributed by atoms with van der Waals surface area (Å²) < 4.78 is 0. The second kappa shape index (κ2) is 5.16. The zero-order valence-corrected chi connectivity index (χ0v) is 10.3. The molecule has 4 atom stereocenters. The molecule has 2 N–H and O–H groups in total. The van der Waals surface area contributed by atoms with Gasteiger partial charge in [0, 0.05) is 6.04 Å². The van der Waals surface area contributed by atoms with Gasteiger partial charge in [0.15, 0.2) is 0 Å². The summed E-state index contributed by atoms with van der Waals surface area (Å²) in [6.07, 6.45) is 5.39. The van der Waals surface area contributed by atoms with Crippen LogP contribution in [0.4, 0.5) is 0 Å². The van der Waals surface area contributed by atoms with Gasteiger partial charge in [0.1, 0.15) is 0 Å². The minimum atomic E-state index is 0.457. The summed E-state index contributed by atoms with van der Waals surface area (Å²) in [7, 11) is 0. The predicted molar refractivity (Wildman–Crippen MR) is 63.1 cm³/mol. The summed E-state index contributed by atoms with van der Waals surface area (Å²) in [6, 6.07) is 0.457. The van der Waals surface area contributed by atoms with E-state index in [9.17, 15) is 0 Å². The van der Waals surface area contributed by atoms with E-state index < -0.39 is 0 Å². The van der Waals surface area contributed by atoms with Crippen molar-refractivity contribution in [2.45, 2.75) is 59.4 Å². The highest BCUT2D eigenvalue weighted by molar-refractivity contribution is 4.88. The van der Waals surface area contributed by atoms with Crippen LogP contribution in [0.1, 0.15) is 53.4 Å². The van der Waals surface area contributed by atoms with Gasteiger partial charge in [-0.1, -0.05) is 40.5 Å². The number of nitrogens with two attached hydrogens (primary N) is 1. The van der Waals surface area contributed by atoms with Crippen molar-refractivity contribution in [1.82, 2.24) is 0 Å². The zero-order valence-electron chi connectivity index (χ0n) is 10.3. The molecule has 0 aromatic heterocycles. The van der Waals surface area contributed by atoms with Gasteiger partial charge in [0.2, 0.25) is 0 Å². The fourth-order valence-electron chi connectivity index (χ4n) is 3.04. The summed E-state index contributed by atoms with van der Waals surface area (Å²) >= 11 is 0. The molecule has 4 unspecified atom stereocenters. The largest absolute Gasteiger partial charge is 0.327 e. The number of hydrogen-bond donors (Lipinski definition) is 1. The Hall–Kier alpha value is -0.0400. The van der Waals surface area contributed by atoms with Crippen LogP contribution in [0.3, 0.4) is 0 Å². The summed E-state index contributed by atoms with van der Waals surface area (Å²) in [5.74, 6) is 3.12. The van der Waals surface area contributed by atoms with Crippen molar-refractivity contribution in [3.63, 3.8) is 0 Å². The smallest absolute Gasteiger partial charge is 0.0101 e. The third kappa shape index (κ3) is 2.50. The molecule has 0 bridgehead atoms. The van der Waals surface area contributed by atoms with E-state index in [0.29, 0.717) is 6.04 Å². The summed E-state index contributed by atoms with van der Waals surface area (Å²) in [6.45, 7) is 9.30. The topological polar surface area (TPSA) is 26.0 Å². The van der Waals surface area contributed by atoms with Crippen LogP contribution in [0.2, 0.25) is 0 Å². The maximum atomic E-state index is 6.40. The molecular formula is C13H27N. The van der Waals surface area contributed by atoms with Crippen LogP contribution in [0, 0.1) is 23.7 Å². The summed E-state index contributed by atoms with van der Waals surface area (Å²) in [4.78, 5) is 0. The van der Waals surface area contributed by atoms with Gasteiger partial charge in [-0.15, -0.1) is 0 Å². The summed E-state index contributed by atoms with van der Waals surface area (Å²) in [5.41, 5.74) is 6.40. The van der Waals surface area contributed by atoms with E-state index in [1.54, 1.807) is 0 Å². The first-order valence-corrected chi connectivity index (χ1v) is 6.33. The Morgan fingerprint density at radius 1 is 1.14 bits per heavy atom. The lowest BCUT2D eigenvalue weighted by atomic mass is 9.68. The Balaban J connectivity index is 2.61. The fourth-order valence-corrected chi connectivity index (χ4v) is 3.04. The van der Waals surface area contributed by atoms with Gasteiger partial charge in [0.05, 0.1) is 0 Å². The SMILES string of the molecule is CCC(C)C1CCCC(C(C)C)C1N. The highest BCUT2D eigenvalue weighted by Gasteiger charge is 2.34. The van der Waals surface area contributed by atoms with E-state index in [4.69, 9.17) is 5.73 Å². The molecule has 0 amide bonds. The Labute approximate surface area is 89.5 Å². The molecule has 84 valence electrons. The number of rotatable bonds is 3. The lowest BCUT2D eigenvalue weighted by Gasteiger charge is -2.40. The first kappa shape index (κ1) is 12.0. The van der Waals surface area contributed by atoms with Crippen LogP contribution in [-0.2, 0) is 0 Å². The second-order valence-corrected chi connectivity index (χ2v) is 5.47. The molecule has 1 aliphatic rings. The van der Waals surface area contributed by atoms with Crippen LogP contribution >= 0.6 is 0 Å². The van der Waals surface area contributed by atoms with E-state index in [1.807, 2.05) is 0 Å². The maximum absolute atomic E-state index is 6.40. The van der Waals surface area contributed by atoms with Crippen molar-refractivity contribution in [1.29, 1.82) is 0 Å². The first-order valence-electron chi connectivity index (χ1n) is 6.33. The molecule has 0 aliphatic heterocycles. The minimum absolute atomic E-state index is 0.457. The molecule has 14 heavy (non-hydrogen) atoms. The third-order valence-corrected chi connectivity index (χ3v) is 4.29. The normalized spacial score (nSPS) is 36.0. The Morgan fingerprint density at radius 3 is 2.21 bits per heavy atom. The fraction of sp³-hybridized carbons (Fsp3) is 1.00. The van der Waals surface area contributed by atoms with Gasteiger partial charge >= 0.3 is 0 Å². The van der Waals surface area contributed by atoms with Gasteiger partial charge in [-0.3, -0.25) is 0 Å². The molecule has 1 fully saturated rings. The molecule has 0 aromatic carbocycles. The lowest BCUT2D eigenvalue weighted by molar-refractivity contribution is 0.133. The van der Waals surface area contributed by atoms with Crippen LogP contribution in [0.5, 0.6) is 0 Å². The Kier molecular flexibility index (Phi) is 4.43. The first-order chi connectivity index (χ1) is 6.57. The van der Waals surface area contributed by atoms with Gasteiger partial charge in [-0.25, -0.2) is 0 Å². The number of hydrogen-bond acceptors (Lipinski definition) is 1. The molecule has 0 radical (unpaired) electrons. The minimum Gasteiger partial charge on any atom is -0.327 e. The maximum Gasteiger partial charge on any atom is 0.0101 e.